The van der Waals surface area contributed by atoms with Crippen molar-refractivity contribution < 1.29 is 9.72 Å². The van der Waals surface area contributed by atoms with Crippen LogP contribution in [0.5, 0.6) is 0 Å². The molecule has 0 radical (unpaired) electrons. The van der Waals surface area contributed by atoms with E-state index in [1.807, 2.05) is 30.3 Å². The Balaban J connectivity index is 1.49. The highest BCUT2D eigenvalue weighted by Gasteiger charge is 2.16. The maximum absolute atomic E-state index is 12.6. The van der Waals surface area contributed by atoms with Crippen molar-refractivity contribution in [2.75, 3.05) is 23.3 Å². The summed E-state index contributed by atoms with van der Waals surface area (Å²) in [7, 11) is 0. The molecule has 32 heavy (non-hydrogen) atoms. The molecule has 0 saturated carbocycles. The number of aryl methyl sites for hydroxylation is 1. The molecule has 1 aliphatic rings. The van der Waals surface area contributed by atoms with Gasteiger partial charge in [0.05, 0.1) is 10.6 Å². The Morgan fingerprint density at radius 2 is 1.78 bits per heavy atom. The summed E-state index contributed by atoms with van der Waals surface area (Å²) in [5.74, 6) is 0.480. The smallest absolute Gasteiger partial charge is 0.273 e. The average Bonchev–Trinajstić information content (AvgIpc) is 3.09. The minimum Gasteiger partial charge on any atom is -0.355 e. The zero-order valence-corrected chi connectivity index (χ0v) is 18.0. The molecule has 0 bridgehead atoms. The summed E-state index contributed by atoms with van der Waals surface area (Å²) in [4.78, 5) is 25.6. The third kappa shape index (κ3) is 4.91. The largest absolute Gasteiger partial charge is 0.355 e. The van der Waals surface area contributed by atoms with Gasteiger partial charge in [-0.2, -0.15) is 0 Å². The van der Waals surface area contributed by atoms with Gasteiger partial charge in [0.25, 0.3) is 11.6 Å². The molecule has 2 heterocycles. The topological polar surface area (TPSA) is 101 Å². The Morgan fingerprint density at radius 1 is 1.00 bits per heavy atom. The van der Waals surface area contributed by atoms with E-state index in [4.69, 9.17) is 0 Å². The monoisotopic (exact) mass is 431 g/mol. The minimum absolute atomic E-state index is 0.0776. The number of nitro groups is 1. The number of benzene rings is 2. The van der Waals surface area contributed by atoms with Crippen molar-refractivity contribution in [3.05, 3.63) is 75.8 Å². The molecule has 8 nitrogen and oxygen atoms in total. The van der Waals surface area contributed by atoms with Gasteiger partial charge in [0.2, 0.25) is 0 Å². The number of nitrogens with zero attached hydrogens (tertiary/aromatic N) is 4. The highest BCUT2D eigenvalue weighted by molar-refractivity contribution is 6.05. The number of anilines is 2. The number of nitro benzene ring substituents is 1. The van der Waals surface area contributed by atoms with E-state index in [0.29, 0.717) is 16.9 Å². The second-order valence-electron chi connectivity index (χ2n) is 7.97. The zero-order valence-electron chi connectivity index (χ0n) is 18.0. The van der Waals surface area contributed by atoms with Crippen molar-refractivity contribution in [1.82, 2.24) is 10.2 Å². The molecule has 8 heteroatoms. The molecule has 2 aromatic carbocycles. The molecule has 1 fully saturated rings. The summed E-state index contributed by atoms with van der Waals surface area (Å²) < 4.78 is 0. The first-order chi connectivity index (χ1) is 15.5. The van der Waals surface area contributed by atoms with Crippen LogP contribution in [0.3, 0.4) is 0 Å². The predicted octanol–water partition coefficient (Wildman–Crippen LogP) is 4.99. The third-order valence-corrected chi connectivity index (χ3v) is 5.66. The van der Waals surface area contributed by atoms with E-state index in [1.165, 1.54) is 31.7 Å². The number of rotatable bonds is 5. The minimum atomic E-state index is -0.485. The Labute approximate surface area is 186 Å². The predicted molar refractivity (Wildman–Crippen MR) is 124 cm³/mol. The fourth-order valence-corrected chi connectivity index (χ4v) is 3.85. The summed E-state index contributed by atoms with van der Waals surface area (Å²) >= 11 is 0. The lowest BCUT2D eigenvalue weighted by Gasteiger charge is -2.20. The molecule has 0 unspecified atom stereocenters. The molecule has 164 valence electrons. The van der Waals surface area contributed by atoms with Crippen LogP contribution in [0, 0.1) is 17.0 Å². The van der Waals surface area contributed by atoms with Gasteiger partial charge in [-0.15, -0.1) is 10.2 Å². The van der Waals surface area contributed by atoms with Gasteiger partial charge < -0.3 is 10.2 Å². The quantitative estimate of drug-likeness (QED) is 0.451. The molecule has 1 aliphatic heterocycles. The van der Waals surface area contributed by atoms with E-state index in [0.717, 1.165) is 24.5 Å². The van der Waals surface area contributed by atoms with Crippen LogP contribution in [0.4, 0.5) is 17.2 Å². The van der Waals surface area contributed by atoms with Gasteiger partial charge in [-0.1, -0.05) is 31.0 Å². The molecule has 3 aromatic rings. The maximum atomic E-state index is 12.6. The van der Waals surface area contributed by atoms with Crippen LogP contribution in [0.2, 0.25) is 0 Å². The standard InChI is InChI=1S/C24H25N5O3/c1-17-9-10-19(16-22(17)29(31)32)24(30)25-20-8-6-7-18(15-20)21-11-12-23(27-26-21)28-13-4-2-3-5-14-28/h6-12,15-16H,2-5,13-14H2,1H3,(H,25,30). The van der Waals surface area contributed by atoms with Crippen LogP contribution in [-0.4, -0.2) is 34.1 Å². The number of hydrogen-bond donors (Lipinski definition) is 1. The van der Waals surface area contributed by atoms with E-state index in [1.54, 1.807) is 25.1 Å². The van der Waals surface area contributed by atoms with Crippen LogP contribution in [0.15, 0.2) is 54.6 Å². The fraction of sp³-hybridized carbons (Fsp3) is 0.292. The van der Waals surface area contributed by atoms with Crippen molar-refractivity contribution in [3.63, 3.8) is 0 Å². The summed E-state index contributed by atoms with van der Waals surface area (Å²) in [5, 5.41) is 22.8. The van der Waals surface area contributed by atoms with E-state index in [-0.39, 0.29) is 11.3 Å². The molecule has 1 saturated heterocycles. The molecular formula is C24H25N5O3. The van der Waals surface area contributed by atoms with Crippen molar-refractivity contribution in [2.24, 2.45) is 0 Å². The molecule has 4 rings (SSSR count). The Bertz CT molecular complexity index is 1120. The summed E-state index contributed by atoms with van der Waals surface area (Å²) in [6.45, 7) is 3.65. The average molecular weight is 431 g/mol. The van der Waals surface area contributed by atoms with E-state index in [9.17, 15) is 14.9 Å². The van der Waals surface area contributed by atoms with Crippen LogP contribution in [-0.2, 0) is 0 Å². The van der Waals surface area contributed by atoms with Gasteiger partial charge in [-0.25, -0.2) is 0 Å². The first-order valence-electron chi connectivity index (χ1n) is 10.8. The lowest BCUT2D eigenvalue weighted by molar-refractivity contribution is -0.385. The Kier molecular flexibility index (Phi) is 6.39. The lowest BCUT2D eigenvalue weighted by atomic mass is 10.1. The lowest BCUT2D eigenvalue weighted by Crippen LogP contribution is -2.25. The normalized spacial score (nSPS) is 14.0. The maximum Gasteiger partial charge on any atom is 0.273 e. The van der Waals surface area contributed by atoms with Gasteiger partial charge in [0, 0.05) is 41.5 Å². The number of hydrogen-bond acceptors (Lipinski definition) is 6. The van der Waals surface area contributed by atoms with Crippen molar-refractivity contribution in [2.45, 2.75) is 32.6 Å². The second kappa shape index (κ2) is 9.55. The zero-order chi connectivity index (χ0) is 22.5. The number of carbonyl (C=O) groups is 1. The van der Waals surface area contributed by atoms with E-state index < -0.39 is 10.8 Å². The van der Waals surface area contributed by atoms with Gasteiger partial charge in [0.1, 0.15) is 0 Å². The van der Waals surface area contributed by atoms with Gasteiger partial charge in [0.15, 0.2) is 5.82 Å². The van der Waals surface area contributed by atoms with E-state index >= 15 is 0 Å². The van der Waals surface area contributed by atoms with Crippen LogP contribution < -0.4 is 10.2 Å². The molecule has 0 atom stereocenters. The van der Waals surface area contributed by atoms with Crippen LogP contribution >= 0.6 is 0 Å². The Morgan fingerprint density at radius 3 is 2.47 bits per heavy atom. The molecule has 1 N–H and O–H groups in total. The van der Waals surface area contributed by atoms with Gasteiger partial charge in [-0.3, -0.25) is 14.9 Å². The number of nitrogens with one attached hydrogen (secondary N) is 1. The first-order valence-corrected chi connectivity index (χ1v) is 10.8. The number of amides is 1. The SMILES string of the molecule is Cc1ccc(C(=O)Nc2cccc(-c3ccc(N4CCCCCC4)nn3)c2)cc1[N+](=O)[O-]. The summed E-state index contributed by atoms with van der Waals surface area (Å²) in [6.07, 6.45) is 4.87. The van der Waals surface area contributed by atoms with Gasteiger partial charge in [-0.05, 0) is 50.1 Å². The molecule has 1 amide bonds. The second-order valence-corrected chi connectivity index (χ2v) is 7.97. The highest BCUT2D eigenvalue weighted by atomic mass is 16.6. The Hall–Kier alpha value is -3.81. The summed E-state index contributed by atoms with van der Waals surface area (Å²) in [5.41, 5.74) is 2.78. The van der Waals surface area contributed by atoms with Crippen molar-refractivity contribution in [3.8, 4) is 11.3 Å². The van der Waals surface area contributed by atoms with Crippen LogP contribution in [0.1, 0.15) is 41.6 Å². The van der Waals surface area contributed by atoms with E-state index in [2.05, 4.69) is 20.4 Å². The molecule has 1 aromatic heterocycles. The number of carbonyl (C=O) groups excluding carboxylic acids is 1. The molecule has 0 spiro atoms. The fourth-order valence-electron chi connectivity index (χ4n) is 3.85. The first kappa shape index (κ1) is 21.4. The highest BCUT2D eigenvalue weighted by Crippen LogP contribution is 2.24. The third-order valence-electron chi connectivity index (χ3n) is 5.66. The van der Waals surface area contributed by atoms with Crippen LogP contribution in [0.25, 0.3) is 11.3 Å². The number of aromatic nitrogens is 2. The van der Waals surface area contributed by atoms with Crippen molar-refractivity contribution >= 4 is 23.1 Å². The van der Waals surface area contributed by atoms with Gasteiger partial charge >= 0.3 is 0 Å². The summed E-state index contributed by atoms with van der Waals surface area (Å²) in [6, 6.07) is 15.7. The molecule has 0 aliphatic carbocycles. The molecular weight excluding hydrogens is 406 g/mol. The van der Waals surface area contributed by atoms with Crippen molar-refractivity contribution in [1.29, 1.82) is 0 Å².